The van der Waals surface area contributed by atoms with Crippen molar-refractivity contribution < 1.29 is 4.79 Å². The third-order valence-electron chi connectivity index (χ3n) is 4.33. The fraction of sp³-hybridized carbons (Fsp3) is 0.389. The molecule has 1 atom stereocenters. The van der Waals surface area contributed by atoms with Gasteiger partial charge in [0.2, 0.25) is 0 Å². The minimum absolute atomic E-state index is 0.0187. The molecule has 2 aromatic rings. The van der Waals surface area contributed by atoms with Crippen molar-refractivity contribution in [1.82, 2.24) is 14.9 Å². The molecular formula is C18H21ClN4O. The predicted octanol–water partition coefficient (Wildman–Crippen LogP) is 3.76. The Morgan fingerprint density at radius 3 is 2.83 bits per heavy atom. The molecule has 0 spiro atoms. The van der Waals surface area contributed by atoms with E-state index in [2.05, 4.69) is 22.2 Å². The maximum absolute atomic E-state index is 12.7. The first-order valence-corrected chi connectivity index (χ1v) is 8.63. The number of piperidine rings is 1. The van der Waals surface area contributed by atoms with E-state index in [1.807, 2.05) is 11.0 Å². The first kappa shape index (κ1) is 16.7. The van der Waals surface area contributed by atoms with Crippen molar-refractivity contribution in [2.24, 2.45) is 0 Å². The molecule has 1 unspecified atom stereocenters. The number of benzene rings is 1. The molecule has 5 nitrogen and oxygen atoms in total. The average molecular weight is 345 g/mol. The largest absolute Gasteiger partial charge is 0.378 e. The number of hydrogen-bond donors (Lipinski definition) is 1. The van der Waals surface area contributed by atoms with E-state index < -0.39 is 0 Å². The maximum Gasteiger partial charge on any atom is 0.255 e. The van der Waals surface area contributed by atoms with E-state index in [-0.39, 0.29) is 11.9 Å². The van der Waals surface area contributed by atoms with Gasteiger partial charge in [-0.25, -0.2) is 9.97 Å². The first-order valence-electron chi connectivity index (χ1n) is 8.25. The Morgan fingerprint density at radius 1 is 1.33 bits per heavy atom. The molecule has 1 aromatic carbocycles. The fourth-order valence-corrected chi connectivity index (χ4v) is 3.22. The van der Waals surface area contributed by atoms with Gasteiger partial charge in [0, 0.05) is 30.7 Å². The number of carbonyl (C=O) groups is 1. The Kier molecular flexibility index (Phi) is 5.30. The van der Waals surface area contributed by atoms with Crippen molar-refractivity contribution in [3.63, 3.8) is 0 Å². The van der Waals surface area contributed by atoms with Gasteiger partial charge >= 0.3 is 0 Å². The highest BCUT2D eigenvalue weighted by molar-refractivity contribution is 6.34. The fourth-order valence-electron chi connectivity index (χ4n) is 2.96. The summed E-state index contributed by atoms with van der Waals surface area (Å²) in [4.78, 5) is 23.0. The number of nitrogens with zero attached hydrogens (tertiary/aromatic N) is 3. The van der Waals surface area contributed by atoms with Crippen LogP contribution in [0.3, 0.4) is 0 Å². The molecule has 1 aromatic heterocycles. The van der Waals surface area contributed by atoms with Gasteiger partial charge in [0.1, 0.15) is 5.82 Å². The molecule has 0 saturated carbocycles. The quantitative estimate of drug-likeness (QED) is 0.917. The number of amides is 1. The Morgan fingerprint density at radius 2 is 2.12 bits per heavy atom. The van der Waals surface area contributed by atoms with E-state index in [0.29, 0.717) is 23.0 Å². The molecule has 1 fully saturated rings. The minimum atomic E-state index is 0.0187. The lowest BCUT2D eigenvalue weighted by Gasteiger charge is -2.33. The molecule has 126 valence electrons. The van der Waals surface area contributed by atoms with Gasteiger partial charge in [0.15, 0.2) is 0 Å². The van der Waals surface area contributed by atoms with Crippen molar-refractivity contribution in [3.05, 3.63) is 53.1 Å². The normalized spacial score (nSPS) is 17.6. The number of aromatic nitrogens is 2. The van der Waals surface area contributed by atoms with Gasteiger partial charge in [-0.3, -0.25) is 4.79 Å². The summed E-state index contributed by atoms with van der Waals surface area (Å²) in [6.07, 6.45) is 6.71. The van der Waals surface area contributed by atoms with E-state index in [0.717, 1.165) is 25.1 Å². The van der Waals surface area contributed by atoms with Crippen LogP contribution in [0.5, 0.6) is 0 Å². The van der Waals surface area contributed by atoms with Gasteiger partial charge in [-0.05, 0) is 50.5 Å². The molecule has 0 bridgehead atoms. The molecule has 1 amide bonds. The zero-order valence-electron chi connectivity index (χ0n) is 13.7. The summed E-state index contributed by atoms with van der Waals surface area (Å²) in [7, 11) is 0. The minimum Gasteiger partial charge on any atom is -0.378 e. The Bertz CT molecular complexity index is 707. The lowest BCUT2D eigenvalue weighted by atomic mass is 10.0. The zero-order valence-corrected chi connectivity index (χ0v) is 14.5. The molecule has 1 saturated heterocycles. The number of carbonyl (C=O) groups excluding carboxylic acids is 1. The molecule has 0 radical (unpaired) electrons. The molecular weight excluding hydrogens is 324 g/mol. The van der Waals surface area contributed by atoms with E-state index in [1.54, 1.807) is 30.6 Å². The second-order valence-corrected chi connectivity index (χ2v) is 6.46. The summed E-state index contributed by atoms with van der Waals surface area (Å²) in [5.74, 6) is 0.723. The van der Waals surface area contributed by atoms with Crippen molar-refractivity contribution in [1.29, 1.82) is 0 Å². The Labute approximate surface area is 147 Å². The standard InChI is InChI=1S/C18H21ClN4O/c1-13-5-2-3-10-23(13)18(24)15-7-6-14(11-16(15)19)22-12-17-20-8-4-9-21-17/h4,6-9,11,13,22H,2-3,5,10,12H2,1H3. The summed E-state index contributed by atoms with van der Waals surface area (Å²) in [5.41, 5.74) is 1.41. The number of hydrogen-bond acceptors (Lipinski definition) is 4. The number of rotatable bonds is 4. The smallest absolute Gasteiger partial charge is 0.255 e. The van der Waals surface area contributed by atoms with Crippen LogP contribution in [0.2, 0.25) is 5.02 Å². The highest BCUT2D eigenvalue weighted by atomic mass is 35.5. The third-order valence-corrected chi connectivity index (χ3v) is 4.65. The maximum atomic E-state index is 12.7. The molecule has 24 heavy (non-hydrogen) atoms. The Balaban J connectivity index is 1.69. The van der Waals surface area contributed by atoms with Crippen molar-refractivity contribution in [3.8, 4) is 0 Å². The average Bonchev–Trinajstić information content (AvgIpc) is 2.61. The van der Waals surface area contributed by atoms with Gasteiger partial charge in [-0.1, -0.05) is 11.6 Å². The van der Waals surface area contributed by atoms with E-state index >= 15 is 0 Å². The monoisotopic (exact) mass is 344 g/mol. The van der Waals surface area contributed by atoms with Crippen molar-refractivity contribution in [2.75, 3.05) is 11.9 Å². The van der Waals surface area contributed by atoms with Crippen molar-refractivity contribution >= 4 is 23.2 Å². The summed E-state index contributed by atoms with van der Waals surface area (Å²) >= 11 is 6.35. The highest BCUT2D eigenvalue weighted by Crippen LogP contribution is 2.25. The lowest BCUT2D eigenvalue weighted by molar-refractivity contribution is 0.0636. The van der Waals surface area contributed by atoms with Gasteiger partial charge in [-0.2, -0.15) is 0 Å². The van der Waals surface area contributed by atoms with Crippen LogP contribution in [0.25, 0.3) is 0 Å². The molecule has 2 heterocycles. The number of nitrogens with one attached hydrogen (secondary N) is 1. The van der Waals surface area contributed by atoms with Gasteiger partial charge in [-0.15, -0.1) is 0 Å². The van der Waals surface area contributed by atoms with Crippen LogP contribution in [0, 0.1) is 0 Å². The second kappa shape index (κ2) is 7.62. The van der Waals surface area contributed by atoms with Crippen LogP contribution in [-0.2, 0) is 6.54 Å². The van der Waals surface area contributed by atoms with E-state index in [4.69, 9.17) is 11.6 Å². The highest BCUT2D eigenvalue weighted by Gasteiger charge is 2.25. The molecule has 1 aliphatic heterocycles. The van der Waals surface area contributed by atoms with Crippen LogP contribution in [0.4, 0.5) is 5.69 Å². The van der Waals surface area contributed by atoms with Gasteiger partial charge in [0.05, 0.1) is 17.1 Å². The SMILES string of the molecule is CC1CCCCN1C(=O)c1ccc(NCc2ncccn2)cc1Cl. The predicted molar refractivity (Wildman–Crippen MR) is 95.2 cm³/mol. The van der Waals surface area contributed by atoms with Crippen LogP contribution in [-0.4, -0.2) is 33.4 Å². The molecule has 1 aliphatic rings. The number of halogens is 1. The molecule has 1 N–H and O–H groups in total. The summed E-state index contributed by atoms with van der Waals surface area (Å²) in [6.45, 7) is 3.41. The van der Waals surface area contributed by atoms with E-state index in [1.165, 1.54) is 6.42 Å². The zero-order chi connectivity index (χ0) is 16.9. The van der Waals surface area contributed by atoms with Crippen LogP contribution in [0.1, 0.15) is 42.4 Å². The lowest BCUT2D eigenvalue weighted by Crippen LogP contribution is -2.42. The Hall–Kier alpha value is -2.14. The van der Waals surface area contributed by atoms with Crippen LogP contribution >= 0.6 is 11.6 Å². The van der Waals surface area contributed by atoms with Gasteiger partial charge < -0.3 is 10.2 Å². The molecule has 6 heteroatoms. The van der Waals surface area contributed by atoms with Crippen molar-refractivity contribution in [2.45, 2.75) is 38.8 Å². The van der Waals surface area contributed by atoms with E-state index in [9.17, 15) is 4.79 Å². The topological polar surface area (TPSA) is 58.1 Å². The summed E-state index contributed by atoms with van der Waals surface area (Å²) < 4.78 is 0. The van der Waals surface area contributed by atoms with Crippen LogP contribution < -0.4 is 5.32 Å². The van der Waals surface area contributed by atoms with Crippen LogP contribution in [0.15, 0.2) is 36.7 Å². The second-order valence-electron chi connectivity index (χ2n) is 6.06. The summed E-state index contributed by atoms with van der Waals surface area (Å²) in [6, 6.07) is 7.50. The van der Waals surface area contributed by atoms with Gasteiger partial charge in [0.25, 0.3) is 5.91 Å². The first-order chi connectivity index (χ1) is 11.6. The molecule has 3 rings (SSSR count). The summed E-state index contributed by atoms with van der Waals surface area (Å²) in [5, 5.41) is 3.69. The molecule has 0 aliphatic carbocycles. The number of anilines is 1. The number of likely N-dealkylation sites (tertiary alicyclic amines) is 1. The third kappa shape index (κ3) is 3.85.